The first-order valence-electron chi connectivity index (χ1n) is 16.3. The molecule has 0 radical (unpaired) electrons. The molecule has 1 N–H and O–H groups in total. The fourth-order valence-electron chi connectivity index (χ4n) is 6.51. The number of anilines is 1. The van der Waals surface area contributed by atoms with Gasteiger partial charge in [0, 0.05) is 30.3 Å². The maximum atomic E-state index is 13.4. The van der Waals surface area contributed by atoms with E-state index in [-0.39, 0.29) is 12.0 Å². The number of sulfonamides is 1. The maximum absolute atomic E-state index is 13.4. The van der Waals surface area contributed by atoms with Gasteiger partial charge in [0.25, 0.3) is 5.91 Å². The number of hydrogen-bond acceptors (Lipinski definition) is 6. The standard InChI is InChI=1S/C35H47ClN2O5S/c1-4-5-19-42-33-11-8-9-24(2)25(3)44(40,41)37-35(39)27-14-17-34-32(21-27)38(22-28-13-16-31(28)33)18-7-6-10-26-20-30(36)15-12-29(26)23-43-34/h8,11-12,14-15,17,20-21,24-25,28,31,33H,4-7,9-10,13,16,18-19,22-23H2,1-3H3,(H,37,39)/b11-8+/t24-,25+,28-,31+,33-/m0/s1. The van der Waals surface area contributed by atoms with E-state index in [0.29, 0.717) is 36.2 Å². The van der Waals surface area contributed by atoms with Gasteiger partial charge in [0.2, 0.25) is 10.0 Å². The first-order valence-corrected chi connectivity index (χ1v) is 18.2. The van der Waals surface area contributed by atoms with E-state index in [1.165, 1.54) is 5.56 Å². The molecule has 0 saturated heterocycles. The van der Waals surface area contributed by atoms with Crippen molar-refractivity contribution in [3.8, 4) is 5.75 Å². The zero-order valence-corrected chi connectivity index (χ0v) is 27.8. The van der Waals surface area contributed by atoms with Crippen LogP contribution in [0.2, 0.25) is 5.02 Å². The van der Waals surface area contributed by atoms with Gasteiger partial charge >= 0.3 is 0 Å². The molecular formula is C35H47ClN2O5S. The number of nitrogens with one attached hydrogen (secondary N) is 1. The highest BCUT2D eigenvalue weighted by Crippen LogP contribution is 2.42. The van der Waals surface area contributed by atoms with Crippen molar-refractivity contribution in [1.82, 2.24) is 4.72 Å². The molecule has 0 unspecified atom stereocenters. The van der Waals surface area contributed by atoms with Crippen molar-refractivity contribution in [3.05, 3.63) is 70.3 Å². The fraction of sp³-hybridized carbons (Fsp3) is 0.571. The third-order valence-corrected chi connectivity index (χ3v) is 11.9. The van der Waals surface area contributed by atoms with Gasteiger partial charge in [0.05, 0.1) is 17.0 Å². The van der Waals surface area contributed by atoms with Crippen LogP contribution in [0.3, 0.4) is 0 Å². The molecule has 44 heavy (non-hydrogen) atoms. The quantitative estimate of drug-likeness (QED) is 0.278. The lowest BCUT2D eigenvalue weighted by atomic mass is 9.70. The Bertz CT molecular complexity index is 1440. The highest BCUT2D eigenvalue weighted by atomic mass is 35.5. The van der Waals surface area contributed by atoms with E-state index in [0.717, 1.165) is 80.9 Å². The van der Waals surface area contributed by atoms with Crippen LogP contribution in [0.4, 0.5) is 5.69 Å². The first-order chi connectivity index (χ1) is 21.2. The molecule has 2 heterocycles. The molecule has 3 aliphatic rings. The molecule has 5 rings (SSSR count). The van der Waals surface area contributed by atoms with E-state index in [2.05, 4.69) is 28.7 Å². The van der Waals surface area contributed by atoms with Gasteiger partial charge in [-0.2, -0.15) is 0 Å². The molecular weight excluding hydrogens is 596 g/mol. The summed E-state index contributed by atoms with van der Waals surface area (Å²) in [6, 6.07) is 11.2. The van der Waals surface area contributed by atoms with E-state index >= 15 is 0 Å². The summed E-state index contributed by atoms with van der Waals surface area (Å²) < 4.78 is 41.8. The number of allylic oxidation sites excluding steroid dienone is 1. The van der Waals surface area contributed by atoms with Gasteiger partial charge in [0.15, 0.2) is 0 Å². The van der Waals surface area contributed by atoms with Crippen LogP contribution in [-0.4, -0.2) is 45.4 Å². The van der Waals surface area contributed by atoms with Crippen LogP contribution in [0.1, 0.15) is 87.2 Å². The molecule has 2 aromatic carbocycles. The number of carbonyl (C=O) groups is 1. The number of halogens is 1. The van der Waals surface area contributed by atoms with Gasteiger partial charge in [-0.05, 0) is 111 Å². The van der Waals surface area contributed by atoms with Crippen molar-refractivity contribution in [2.45, 2.75) is 90.1 Å². The predicted molar refractivity (Wildman–Crippen MR) is 177 cm³/mol. The fourth-order valence-corrected chi connectivity index (χ4v) is 7.99. The minimum Gasteiger partial charge on any atom is -0.487 e. The van der Waals surface area contributed by atoms with Crippen molar-refractivity contribution in [3.63, 3.8) is 0 Å². The van der Waals surface area contributed by atoms with Gasteiger partial charge in [0.1, 0.15) is 12.4 Å². The summed E-state index contributed by atoms with van der Waals surface area (Å²) >= 11 is 6.34. The third-order valence-electron chi connectivity index (χ3n) is 9.76. The van der Waals surface area contributed by atoms with Gasteiger partial charge in [-0.3, -0.25) is 4.79 Å². The van der Waals surface area contributed by atoms with Crippen molar-refractivity contribution in [2.75, 3.05) is 24.6 Å². The zero-order valence-electron chi connectivity index (χ0n) is 26.3. The minimum absolute atomic E-state index is 0.00254. The van der Waals surface area contributed by atoms with Crippen LogP contribution in [0, 0.1) is 17.8 Å². The largest absolute Gasteiger partial charge is 0.487 e. The number of benzene rings is 2. The number of hydrogen-bond donors (Lipinski definition) is 1. The van der Waals surface area contributed by atoms with Gasteiger partial charge < -0.3 is 14.4 Å². The van der Waals surface area contributed by atoms with Crippen LogP contribution in [-0.2, 0) is 27.8 Å². The number of nitrogens with zero attached hydrogens (tertiary/aromatic N) is 1. The Morgan fingerprint density at radius 1 is 1.09 bits per heavy atom. The highest BCUT2D eigenvalue weighted by Gasteiger charge is 2.38. The topological polar surface area (TPSA) is 84.9 Å². The van der Waals surface area contributed by atoms with Crippen molar-refractivity contribution >= 4 is 33.2 Å². The summed E-state index contributed by atoms with van der Waals surface area (Å²) in [6.45, 7) is 8.47. The van der Waals surface area contributed by atoms with Crippen LogP contribution in [0.15, 0.2) is 48.6 Å². The molecule has 2 bridgehead atoms. The van der Waals surface area contributed by atoms with Crippen LogP contribution >= 0.6 is 11.6 Å². The molecule has 2 aromatic rings. The molecule has 2 aliphatic heterocycles. The van der Waals surface area contributed by atoms with Crippen molar-refractivity contribution in [2.24, 2.45) is 17.8 Å². The number of fused-ring (bicyclic) bond motifs is 3. The SMILES string of the molecule is CCCCO[C@H]1/C=C/C[C@H](C)[C@@H](C)S(=O)(=O)NC(=O)c2ccc3c(c2)N(CCCCc2cc(Cl)ccc2CO3)C[C@@H]2CC[C@H]21. The molecule has 9 heteroatoms. The summed E-state index contributed by atoms with van der Waals surface area (Å²) in [5.41, 5.74) is 3.42. The Morgan fingerprint density at radius 3 is 2.70 bits per heavy atom. The molecule has 5 atom stereocenters. The van der Waals surface area contributed by atoms with E-state index in [4.69, 9.17) is 21.1 Å². The number of amides is 1. The normalized spacial score (nSPS) is 28.2. The predicted octanol–water partition coefficient (Wildman–Crippen LogP) is 7.32. The summed E-state index contributed by atoms with van der Waals surface area (Å²) in [5, 5.41) is -0.0200. The molecule has 7 nitrogen and oxygen atoms in total. The Labute approximate surface area is 268 Å². The number of rotatable bonds is 4. The van der Waals surface area contributed by atoms with Gasteiger partial charge in [-0.15, -0.1) is 0 Å². The Hall–Kier alpha value is -2.55. The summed E-state index contributed by atoms with van der Waals surface area (Å²) in [5.74, 6) is 0.707. The average molecular weight is 643 g/mol. The molecule has 240 valence electrons. The Kier molecular flexibility index (Phi) is 11.0. The summed E-state index contributed by atoms with van der Waals surface area (Å²) in [4.78, 5) is 15.7. The molecule has 1 aliphatic carbocycles. The molecule has 1 saturated carbocycles. The second-order valence-electron chi connectivity index (χ2n) is 12.8. The van der Waals surface area contributed by atoms with E-state index in [1.807, 2.05) is 37.3 Å². The van der Waals surface area contributed by atoms with Crippen LogP contribution in [0.25, 0.3) is 0 Å². The van der Waals surface area contributed by atoms with Crippen molar-refractivity contribution < 1.29 is 22.7 Å². The van der Waals surface area contributed by atoms with Crippen LogP contribution < -0.4 is 14.4 Å². The molecule has 0 spiro atoms. The molecule has 1 amide bonds. The number of aryl methyl sites for hydroxylation is 1. The first kappa shape index (κ1) is 32.8. The Morgan fingerprint density at radius 2 is 1.93 bits per heavy atom. The average Bonchev–Trinajstić information content (AvgIpc) is 3.01. The third kappa shape index (κ3) is 7.80. The minimum atomic E-state index is -3.90. The smallest absolute Gasteiger partial charge is 0.264 e. The summed E-state index contributed by atoms with van der Waals surface area (Å²) in [6.07, 6.45) is 12.0. The van der Waals surface area contributed by atoms with Gasteiger partial charge in [-0.25, -0.2) is 13.1 Å². The van der Waals surface area contributed by atoms with Crippen LogP contribution in [0.5, 0.6) is 5.75 Å². The summed E-state index contributed by atoms with van der Waals surface area (Å²) in [7, 11) is -3.90. The lowest BCUT2D eigenvalue weighted by molar-refractivity contribution is -0.0148. The lowest BCUT2D eigenvalue weighted by Crippen LogP contribution is -2.44. The number of carbonyl (C=O) groups excluding carboxylic acids is 1. The lowest BCUT2D eigenvalue weighted by Gasteiger charge is -2.44. The Balaban J connectivity index is 1.53. The second-order valence-corrected chi connectivity index (χ2v) is 15.3. The van der Waals surface area contributed by atoms with E-state index in [9.17, 15) is 13.2 Å². The number of unbranched alkanes of at least 4 members (excludes halogenated alkanes) is 1. The monoisotopic (exact) mass is 642 g/mol. The van der Waals surface area contributed by atoms with E-state index < -0.39 is 21.2 Å². The maximum Gasteiger partial charge on any atom is 0.264 e. The number of ether oxygens (including phenoxy) is 2. The van der Waals surface area contributed by atoms with Gasteiger partial charge in [-0.1, -0.05) is 50.1 Å². The highest BCUT2D eigenvalue weighted by molar-refractivity contribution is 7.90. The molecule has 0 aromatic heterocycles. The second kappa shape index (κ2) is 14.7. The zero-order chi connectivity index (χ0) is 31.3. The molecule has 1 fully saturated rings. The van der Waals surface area contributed by atoms with E-state index in [1.54, 1.807) is 13.0 Å². The van der Waals surface area contributed by atoms with Crippen molar-refractivity contribution in [1.29, 1.82) is 0 Å².